The van der Waals surface area contributed by atoms with Gasteiger partial charge in [-0.25, -0.2) is 0 Å². The van der Waals surface area contributed by atoms with Crippen LogP contribution in [0, 0.1) is 17.8 Å². The van der Waals surface area contributed by atoms with Crippen molar-refractivity contribution in [2.45, 2.75) is 38.6 Å². The van der Waals surface area contributed by atoms with E-state index in [2.05, 4.69) is 47.6 Å². The fourth-order valence-corrected chi connectivity index (χ4v) is 4.26. The quantitative estimate of drug-likeness (QED) is 0.882. The van der Waals surface area contributed by atoms with Gasteiger partial charge in [0.25, 0.3) is 0 Å². The van der Waals surface area contributed by atoms with E-state index in [0.717, 1.165) is 29.8 Å². The van der Waals surface area contributed by atoms with E-state index in [4.69, 9.17) is 0 Å². The maximum absolute atomic E-state index is 4.53. The molecule has 1 heterocycles. The number of aromatic nitrogens is 1. The molecule has 110 valence electrons. The highest BCUT2D eigenvalue weighted by atomic mass is 14.9. The summed E-state index contributed by atoms with van der Waals surface area (Å²) in [6.45, 7) is 3.36. The van der Waals surface area contributed by atoms with Crippen molar-refractivity contribution in [2.24, 2.45) is 17.8 Å². The Morgan fingerprint density at radius 3 is 2.81 bits per heavy atom. The number of benzene rings is 1. The van der Waals surface area contributed by atoms with E-state index in [-0.39, 0.29) is 0 Å². The monoisotopic (exact) mass is 280 g/mol. The third kappa shape index (κ3) is 2.46. The largest absolute Gasteiger partial charge is 0.310 e. The molecular weight excluding hydrogens is 256 g/mol. The van der Waals surface area contributed by atoms with Crippen molar-refractivity contribution in [2.75, 3.05) is 6.54 Å². The van der Waals surface area contributed by atoms with Crippen LogP contribution in [-0.2, 0) is 0 Å². The lowest BCUT2D eigenvalue weighted by molar-refractivity contribution is 0.343. The smallest absolute Gasteiger partial charge is 0.0705 e. The molecule has 0 bridgehead atoms. The first kappa shape index (κ1) is 13.3. The Morgan fingerprint density at radius 2 is 2.00 bits per heavy atom. The molecule has 21 heavy (non-hydrogen) atoms. The van der Waals surface area contributed by atoms with Crippen molar-refractivity contribution in [3.05, 3.63) is 42.1 Å². The lowest BCUT2D eigenvalue weighted by Gasteiger charge is -2.27. The van der Waals surface area contributed by atoms with Crippen LogP contribution in [0.15, 0.2) is 36.5 Å². The summed E-state index contributed by atoms with van der Waals surface area (Å²) in [6, 6.07) is 11.4. The minimum atomic E-state index is 0.505. The van der Waals surface area contributed by atoms with Crippen molar-refractivity contribution in [1.29, 1.82) is 0 Å². The molecule has 2 aromatic rings. The summed E-state index contributed by atoms with van der Waals surface area (Å²) in [6.07, 6.45) is 7.42. The minimum Gasteiger partial charge on any atom is -0.310 e. The van der Waals surface area contributed by atoms with Crippen LogP contribution in [0.1, 0.15) is 44.2 Å². The molecule has 1 N–H and O–H groups in total. The van der Waals surface area contributed by atoms with Crippen molar-refractivity contribution >= 4 is 10.9 Å². The third-order valence-corrected chi connectivity index (χ3v) is 5.38. The Bertz CT molecular complexity index is 621. The number of rotatable bonds is 5. The highest BCUT2D eigenvalue weighted by molar-refractivity contribution is 5.82. The van der Waals surface area contributed by atoms with E-state index in [9.17, 15) is 0 Å². The van der Waals surface area contributed by atoms with Crippen LogP contribution in [0.2, 0.25) is 0 Å². The number of fused-ring (bicyclic) bond motifs is 2. The maximum Gasteiger partial charge on any atom is 0.0705 e. The molecule has 1 aromatic carbocycles. The molecule has 2 saturated carbocycles. The standard InChI is InChI=1S/C19H24N2/c1-2-8-21-19(15-11-13-10-14(13)12-15)17-5-3-7-18-16(17)6-4-9-20-18/h3-7,9,13-15,19,21H,2,8,10-12H2,1H3. The second-order valence-electron chi connectivity index (χ2n) is 6.84. The van der Waals surface area contributed by atoms with E-state index in [1.165, 1.54) is 36.6 Å². The number of hydrogen-bond donors (Lipinski definition) is 1. The van der Waals surface area contributed by atoms with Gasteiger partial charge in [0.2, 0.25) is 0 Å². The number of nitrogens with one attached hydrogen (secondary N) is 1. The fraction of sp³-hybridized carbons (Fsp3) is 0.526. The zero-order valence-electron chi connectivity index (χ0n) is 12.8. The summed E-state index contributed by atoms with van der Waals surface area (Å²) in [7, 11) is 0. The van der Waals surface area contributed by atoms with Gasteiger partial charge in [-0.3, -0.25) is 4.98 Å². The molecule has 0 amide bonds. The summed E-state index contributed by atoms with van der Waals surface area (Å²) in [5.41, 5.74) is 2.59. The Kier molecular flexibility index (Phi) is 3.42. The van der Waals surface area contributed by atoms with E-state index < -0.39 is 0 Å². The second kappa shape index (κ2) is 5.42. The molecule has 2 heteroatoms. The SMILES string of the molecule is CCCNC(c1cccc2ncccc12)C1CC2CC2C1. The van der Waals surface area contributed by atoms with Gasteiger partial charge in [-0.05, 0) is 67.7 Å². The lowest BCUT2D eigenvalue weighted by Crippen LogP contribution is -2.28. The van der Waals surface area contributed by atoms with Crippen LogP contribution in [0.5, 0.6) is 0 Å². The Morgan fingerprint density at radius 1 is 1.14 bits per heavy atom. The molecule has 0 spiro atoms. The van der Waals surface area contributed by atoms with Gasteiger partial charge in [0.05, 0.1) is 5.52 Å². The van der Waals surface area contributed by atoms with Crippen LogP contribution in [0.3, 0.4) is 0 Å². The molecule has 2 aliphatic carbocycles. The van der Waals surface area contributed by atoms with Crippen LogP contribution < -0.4 is 5.32 Å². The molecule has 3 atom stereocenters. The molecule has 4 rings (SSSR count). The van der Waals surface area contributed by atoms with Crippen molar-refractivity contribution < 1.29 is 0 Å². The second-order valence-corrected chi connectivity index (χ2v) is 6.84. The normalized spacial score (nSPS) is 28.5. The summed E-state index contributed by atoms with van der Waals surface area (Å²) in [5.74, 6) is 2.88. The predicted molar refractivity (Wildman–Crippen MR) is 87.1 cm³/mol. The number of nitrogens with zero attached hydrogens (tertiary/aromatic N) is 1. The third-order valence-electron chi connectivity index (χ3n) is 5.38. The zero-order valence-corrected chi connectivity index (χ0v) is 12.8. The summed E-state index contributed by atoms with van der Waals surface area (Å²) in [4.78, 5) is 4.53. The summed E-state index contributed by atoms with van der Waals surface area (Å²) < 4.78 is 0. The summed E-state index contributed by atoms with van der Waals surface area (Å²) in [5, 5.41) is 5.16. The average molecular weight is 280 g/mol. The molecule has 2 aliphatic rings. The van der Waals surface area contributed by atoms with Crippen molar-refractivity contribution in [3.63, 3.8) is 0 Å². The van der Waals surface area contributed by atoms with E-state index in [1.807, 2.05) is 6.20 Å². The topological polar surface area (TPSA) is 24.9 Å². The number of hydrogen-bond acceptors (Lipinski definition) is 2. The lowest BCUT2D eigenvalue weighted by atomic mass is 9.87. The highest BCUT2D eigenvalue weighted by Crippen LogP contribution is 2.57. The van der Waals surface area contributed by atoms with E-state index in [0.29, 0.717) is 6.04 Å². The molecule has 2 fully saturated rings. The van der Waals surface area contributed by atoms with Gasteiger partial charge >= 0.3 is 0 Å². The van der Waals surface area contributed by atoms with Gasteiger partial charge < -0.3 is 5.32 Å². The maximum atomic E-state index is 4.53. The first-order valence-electron chi connectivity index (χ1n) is 8.44. The van der Waals surface area contributed by atoms with E-state index >= 15 is 0 Å². The Balaban J connectivity index is 1.70. The minimum absolute atomic E-state index is 0.505. The van der Waals surface area contributed by atoms with Gasteiger partial charge in [0.15, 0.2) is 0 Å². The average Bonchev–Trinajstić information content (AvgIpc) is 3.14. The van der Waals surface area contributed by atoms with E-state index in [1.54, 1.807) is 0 Å². The first-order chi connectivity index (χ1) is 10.4. The van der Waals surface area contributed by atoms with Gasteiger partial charge in [-0.1, -0.05) is 25.1 Å². The predicted octanol–water partition coefficient (Wildman–Crippen LogP) is 4.32. The molecule has 0 aliphatic heterocycles. The first-order valence-corrected chi connectivity index (χ1v) is 8.44. The summed E-state index contributed by atoms with van der Waals surface area (Å²) >= 11 is 0. The molecule has 2 nitrogen and oxygen atoms in total. The molecule has 0 saturated heterocycles. The van der Waals surface area contributed by atoms with Gasteiger partial charge in [-0.2, -0.15) is 0 Å². The van der Waals surface area contributed by atoms with Crippen LogP contribution >= 0.6 is 0 Å². The fourth-order valence-electron chi connectivity index (χ4n) is 4.26. The highest BCUT2D eigenvalue weighted by Gasteiger charge is 2.48. The molecule has 1 aromatic heterocycles. The molecular formula is C19H24N2. The molecule has 0 radical (unpaired) electrons. The van der Waals surface area contributed by atoms with Crippen molar-refractivity contribution in [3.8, 4) is 0 Å². The Labute approximate surface area is 127 Å². The van der Waals surface area contributed by atoms with Gasteiger partial charge in [0.1, 0.15) is 0 Å². The van der Waals surface area contributed by atoms with Crippen LogP contribution in [0.25, 0.3) is 10.9 Å². The van der Waals surface area contributed by atoms with Crippen molar-refractivity contribution in [1.82, 2.24) is 10.3 Å². The van der Waals surface area contributed by atoms with Crippen LogP contribution in [0.4, 0.5) is 0 Å². The van der Waals surface area contributed by atoms with Gasteiger partial charge in [-0.15, -0.1) is 0 Å². The van der Waals surface area contributed by atoms with Gasteiger partial charge in [0, 0.05) is 17.6 Å². The van der Waals surface area contributed by atoms with Crippen LogP contribution in [-0.4, -0.2) is 11.5 Å². The molecule has 3 unspecified atom stereocenters. The zero-order chi connectivity index (χ0) is 14.2. The number of pyridine rings is 1. The Hall–Kier alpha value is -1.41.